The Kier molecular flexibility index (Phi) is 9.33. The number of nitrogens with zero attached hydrogens (tertiary/aromatic N) is 5. The van der Waals surface area contributed by atoms with Crippen LogP contribution >= 0.6 is 11.3 Å². The molecule has 5 nitrogen and oxygen atoms in total. The minimum absolute atomic E-state index is 0.581. The molecule has 0 aliphatic heterocycles. The summed E-state index contributed by atoms with van der Waals surface area (Å²) in [5.41, 5.74) is 7.37. The molecule has 272 valence electrons. The van der Waals surface area contributed by atoms with Crippen molar-refractivity contribution in [3.8, 4) is 34.4 Å². The zero-order valence-corrected chi connectivity index (χ0v) is 32.8. The molecule has 4 aromatic heterocycles. The van der Waals surface area contributed by atoms with Gasteiger partial charge in [0.05, 0.1) is 22.1 Å². The molecule has 0 aliphatic rings. The van der Waals surface area contributed by atoms with Gasteiger partial charge in [0.15, 0.2) is 11.6 Å². The predicted octanol–water partition coefficient (Wildman–Crippen LogP) is 14.2. The Morgan fingerprint density at radius 1 is 0.429 bits per heavy atom. The van der Waals surface area contributed by atoms with E-state index in [1.165, 1.54) is 37.4 Å². The van der Waals surface area contributed by atoms with Gasteiger partial charge in [-0.15, -0.1) is 11.3 Å². The van der Waals surface area contributed by atoms with Gasteiger partial charge in [-0.1, -0.05) is 149 Å². The lowest BCUT2D eigenvalue weighted by Gasteiger charge is -2.13. The van der Waals surface area contributed by atoms with Crippen LogP contribution in [0.1, 0.15) is 34.1 Å². The molecular formula is C50H41N5S. The minimum atomic E-state index is 0.581. The molecule has 6 heteroatoms. The van der Waals surface area contributed by atoms with Gasteiger partial charge < -0.3 is 4.57 Å². The van der Waals surface area contributed by atoms with Crippen LogP contribution in [0.3, 0.4) is 0 Å². The number of hydrogen-bond donors (Lipinski definition) is 0. The van der Waals surface area contributed by atoms with E-state index in [-0.39, 0.29) is 0 Å². The largest absolute Gasteiger partial charge is 0.307 e. The van der Waals surface area contributed by atoms with Crippen LogP contribution in [0.5, 0.6) is 0 Å². The van der Waals surface area contributed by atoms with Crippen molar-refractivity contribution in [3.63, 3.8) is 0 Å². The van der Waals surface area contributed by atoms with Crippen molar-refractivity contribution in [2.75, 3.05) is 0 Å². The number of thiophene rings is 1. The van der Waals surface area contributed by atoms with E-state index >= 15 is 0 Å². The quantitative estimate of drug-likeness (QED) is 0.180. The van der Waals surface area contributed by atoms with Gasteiger partial charge >= 0.3 is 0 Å². The smallest absolute Gasteiger partial charge is 0.238 e. The number of para-hydroxylation sites is 3. The van der Waals surface area contributed by atoms with Crippen LogP contribution in [-0.2, 0) is 0 Å². The molecule has 0 bridgehead atoms. The molecule has 56 heavy (non-hydrogen) atoms. The average Bonchev–Trinajstić information content (AvgIpc) is 3.93. The number of fused-ring (bicyclic) bond motifs is 10. The number of aromatic nitrogens is 5. The van der Waals surface area contributed by atoms with Crippen LogP contribution in [0.4, 0.5) is 0 Å². The maximum Gasteiger partial charge on any atom is 0.238 e. The zero-order chi connectivity index (χ0) is 38.2. The summed E-state index contributed by atoms with van der Waals surface area (Å²) >= 11 is 1.81. The molecule has 0 spiro atoms. The zero-order valence-electron chi connectivity index (χ0n) is 31.9. The summed E-state index contributed by atoms with van der Waals surface area (Å²) in [6, 6.07) is 57.8. The lowest BCUT2D eigenvalue weighted by Crippen LogP contribution is -2.07. The highest BCUT2D eigenvalue weighted by molar-refractivity contribution is 7.25. The van der Waals surface area contributed by atoms with Crippen molar-refractivity contribution in [2.24, 2.45) is 0 Å². The Morgan fingerprint density at radius 3 is 1.59 bits per heavy atom. The van der Waals surface area contributed by atoms with E-state index in [0.29, 0.717) is 17.6 Å². The lowest BCUT2D eigenvalue weighted by atomic mass is 10.1. The predicted molar refractivity (Wildman–Crippen MR) is 240 cm³/mol. The summed E-state index contributed by atoms with van der Waals surface area (Å²) in [4.78, 5) is 15.8. The van der Waals surface area contributed by atoms with Gasteiger partial charge in [0.25, 0.3) is 0 Å². The molecule has 11 rings (SSSR count). The molecule has 0 unspecified atom stereocenters. The van der Waals surface area contributed by atoms with Gasteiger partial charge in [-0.2, -0.15) is 9.97 Å². The summed E-state index contributed by atoms with van der Waals surface area (Å²) < 4.78 is 7.16. The normalized spacial score (nSPS) is 11.3. The number of benzene rings is 7. The highest BCUT2D eigenvalue weighted by atomic mass is 32.1. The van der Waals surface area contributed by atoms with Crippen LogP contribution < -0.4 is 0 Å². The molecule has 11 aromatic rings. The van der Waals surface area contributed by atoms with E-state index in [1.54, 1.807) is 0 Å². The standard InChI is InChI=1S/C45H27N5S.C3H8.C2H6/c1-3-13-28(14-4-1)43-46-44(29-23-26-40-36(27-29)33-19-9-12-22-39(33)51-40)48-45(47-43)50-38-21-11-8-18-32(38)35-25-24-34-31-17-7-10-20-37(31)49(41(34)42(35)50)30-15-5-2-6-16-30;1-3-2;1-2/h1-27H;3H2,1-2H3;1-2H3. The van der Waals surface area contributed by atoms with Crippen LogP contribution in [-0.4, -0.2) is 24.1 Å². The minimum Gasteiger partial charge on any atom is -0.307 e. The summed E-state index contributed by atoms with van der Waals surface area (Å²) in [5.74, 6) is 1.85. The van der Waals surface area contributed by atoms with Crippen LogP contribution in [0, 0.1) is 0 Å². The summed E-state index contributed by atoms with van der Waals surface area (Å²) in [7, 11) is 0. The first-order valence-corrected chi connectivity index (χ1v) is 20.3. The van der Waals surface area contributed by atoms with Gasteiger partial charge in [0.2, 0.25) is 5.95 Å². The fraction of sp³-hybridized carbons (Fsp3) is 0.100. The molecule has 0 saturated carbocycles. The molecule has 0 saturated heterocycles. The second kappa shape index (κ2) is 14.9. The highest BCUT2D eigenvalue weighted by Gasteiger charge is 2.23. The van der Waals surface area contributed by atoms with Gasteiger partial charge in [-0.05, 0) is 48.5 Å². The molecule has 0 fully saturated rings. The lowest BCUT2D eigenvalue weighted by molar-refractivity contribution is 0.953. The van der Waals surface area contributed by atoms with Crippen molar-refractivity contribution in [2.45, 2.75) is 34.1 Å². The fourth-order valence-electron chi connectivity index (χ4n) is 7.73. The van der Waals surface area contributed by atoms with Crippen molar-refractivity contribution < 1.29 is 0 Å². The molecule has 0 N–H and O–H groups in total. The first kappa shape index (κ1) is 35.1. The molecule has 7 aromatic carbocycles. The number of hydrogen-bond acceptors (Lipinski definition) is 4. The molecule has 0 amide bonds. The Balaban J connectivity index is 0.000000784. The van der Waals surface area contributed by atoms with E-state index in [1.807, 2.05) is 43.4 Å². The van der Waals surface area contributed by atoms with E-state index in [9.17, 15) is 0 Å². The third kappa shape index (κ3) is 5.81. The van der Waals surface area contributed by atoms with Crippen molar-refractivity contribution in [1.82, 2.24) is 24.1 Å². The monoisotopic (exact) mass is 743 g/mol. The van der Waals surface area contributed by atoms with Crippen LogP contribution in [0.15, 0.2) is 164 Å². The fourth-order valence-corrected chi connectivity index (χ4v) is 8.82. The van der Waals surface area contributed by atoms with E-state index in [0.717, 1.165) is 49.7 Å². The molecule has 4 heterocycles. The van der Waals surface area contributed by atoms with E-state index in [4.69, 9.17) is 15.0 Å². The Morgan fingerprint density at radius 2 is 0.929 bits per heavy atom. The van der Waals surface area contributed by atoms with Gasteiger partial charge in [-0.3, -0.25) is 4.57 Å². The Bertz CT molecular complexity index is 3160. The summed E-state index contributed by atoms with van der Waals surface area (Å²) in [6.07, 6.45) is 1.25. The van der Waals surface area contributed by atoms with E-state index in [2.05, 4.69) is 169 Å². The van der Waals surface area contributed by atoms with Gasteiger partial charge in [0, 0.05) is 58.5 Å². The third-order valence-corrected chi connectivity index (χ3v) is 11.1. The molecular weight excluding hydrogens is 703 g/mol. The molecule has 0 aliphatic carbocycles. The maximum absolute atomic E-state index is 5.34. The van der Waals surface area contributed by atoms with Crippen LogP contribution in [0.25, 0.3) is 98.2 Å². The molecule has 0 radical (unpaired) electrons. The topological polar surface area (TPSA) is 48.5 Å². The third-order valence-electron chi connectivity index (χ3n) is 9.97. The first-order valence-electron chi connectivity index (χ1n) is 19.5. The van der Waals surface area contributed by atoms with Crippen molar-refractivity contribution >= 4 is 75.1 Å². The summed E-state index contributed by atoms with van der Waals surface area (Å²) in [6.45, 7) is 8.25. The second-order valence-corrected chi connectivity index (χ2v) is 14.6. The first-order chi connectivity index (χ1) is 27.7. The second-order valence-electron chi connectivity index (χ2n) is 13.6. The maximum atomic E-state index is 5.34. The Labute approximate surface area is 330 Å². The van der Waals surface area contributed by atoms with Crippen molar-refractivity contribution in [3.05, 3.63) is 164 Å². The Hall–Kier alpha value is -6.63. The number of rotatable bonds is 4. The van der Waals surface area contributed by atoms with Gasteiger partial charge in [0.1, 0.15) is 0 Å². The van der Waals surface area contributed by atoms with Crippen molar-refractivity contribution in [1.29, 1.82) is 0 Å². The highest BCUT2D eigenvalue weighted by Crippen LogP contribution is 2.42. The summed E-state index contributed by atoms with van der Waals surface area (Å²) in [5, 5.41) is 7.13. The van der Waals surface area contributed by atoms with Gasteiger partial charge in [-0.25, -0.2) is 4.98 Å². The average molecular weight is 744 g/mol. The van der Waals surface area contributed by atoms with E-state index < -0.39 is 0 Å². The van der Waals surface area contributed by atoms with Crippen LogP contribution in [0.2, 0.25) is 0 Å². The molecule has 0 atom stereocenters. The SMILES string of the molecule is CC.CCC.c1ccc(-c2nc(-c3ccc4sc5ccccc5c4c3)nc(-n3c4ccccc4c4ccc5c6ccccc6n(-c6ccccc6)c5c43)n2)cc1.